The van der Waals surface area contributed by atoms with Crippen LogP contribution in [0.2, 0.25) is 0 Å². The molecule has 0 aliphatic heterocycles. The van der Waals surface area contributed by atoms with Crippen molar-refractivity contribution < 1.29 is 14.7 Å². The van der Waals surface area contributed by atoms with E-state index in [0.29, 0.717) is 27.0 Å². The minimum absolute atomic E-state index is 0.230. The maximum absolute atomic E-state index is 12.6. The van der Waals surface area contributed by atoms with Crippen molar-refractivity contribution in [3.63, 3.8) is 0 Å². The Labute approximate surface area is 202 Å². The van der Waals surface area contributed by atoms with Crippen LogP contribution in [0.4, 0.5) is 16.4 Å². The summed E-state index contributed by atoms with van der Waals surface area (Å²) in [6, 6.07) is 11.7. The van der Waals surface area contributed by atoms with Gasteiger partial charge in [-0.2, -0.15) is 0 Å². The number of fused-ring (bicyclic) bond motifs is 1. The maximum Gasteiger partial charge on any atom is 0.405 e. The molecule has 11 heteroatoms. The van der Waals surface area contributed by atoms with Crippen LogP contribution in [0.5, 0.6) is 0 Å². The Bertz CT molecular complexity index is 1370. The average molecular weight is 522 g/mol. The van der Waals surface area contributed by atoms with Crippen molar-refractivity contribution >= 4 is 50.6 Å². The minimum Gasteiger partial charge on any atom is -0.465 e. The van der Waals surface area contributed by atoms with Gasteiger partial charge in [0.05, 0.1) is 16.0 Å². The predicted octanol–water partition coefficient (Wildman–Crippen LogP) is 3.91. The van der Waals surface area contributed by atoms with Gasteiger partial charge in [-0.1, -0.05) is 24.3 Å². The average Bonchev–Trinajstić information content (AvgIpc) is 3.11. The fraction of sp³-hybridized carbons (Fsp3) is 0.0870. The molecule has 5 N–H and O–H groups in total. The van der Waals surface area contributed by atoms with E-state index in [1.807, 2.05) is 0 Å². The molecule has 1 unspecified atom stereocenters. The largest absolute Gasteiger partial charge is 0.465 e. The van der Waals surface area contributed by atoms with Crippen molar-refractivity contribution in [2.45, 2.75) is 12.6 Å². The molecule has 0 saturated carbocycles. The molecule has 3 aromatic heterocycles. The summed E-state index contributed by atoms with van der Waals surface area (Å²) in [5.41, 5.74) is 8.68. The molecule has 0 saturated heterocycles. The second kappa shape index (κ2) is 9.71. The monoisotopic (exact) mass is 521 g/mol. The van der Waals surface area contributed by atoms with Crippen LogP contribution in [0, 0.1) is 0 Å². The first kappa shape index (κ1) is 22.9. The summed E-state index contributed by atoms with van der Waals surface area (Å²) in [5.74, 6) is 0.444. The molecule has 34 heavy (non-hydrogen) atoms. The topological polar surface area (TPSA) is 148 Å². The molecule has 0 radical (unpaired) electrons. The molecule has 3 heterocycles. The van der Waals surface area contributed by atoms with Gasteiger partial charge in [0.2, 0.25) is 0 Å². The lowest BCUT2D eigenvalue weighted by atomic mass is 10.0. The molecule has 2 amide bonds. The van der Waals surface area contributed by atoms with Crippen molar-refractivity contribution in [2.75, 3.05) is 11.1 Å². The lowest BCUT2D eigenvalue weighted by Gasteiger charge is -2.15. The molecule has 0 spiro atoms. The number of anilines is 2. The summed E-state index contributed by atoms with van der Waals surface area (Å²) >= 11 is 3.62. The van der Waals surface area contributed by atoms with E-state index in [4.69, 9.17) is 10.8 Å². The van der Waals surface area contributed by atoms with Gasteiger partial charge < -0.3 is 26.0 Å². The predicted molar refractivity (Wildman–Crippen MR) is 132 cm³/mol. The molecule has 0 aliphatic carbocycles. The summed E-state index contributed by atoms with van der Waals surface area (Å²) < 4.78 is 2.44. The van der Waals surface area contributed by atoms with Gasteiger partial charge in [0, 0.05) is 23.9 Å². The van der Waals surface area contributed by atoms with E-state index < -0.39 is 12.1 Å². The lowest BCUT2D eigenvalue weighted by Crippen LogP contribution is -2.35. The highest BCUT2D eigenvalue weighted by Crippen LogP contribution is 2.40. The molecular weight excluding hydrogens is 502 g/mol. The Morgan fingerprint density at radius 1 is 1.18 bits per heavy atom. The van der Waals surface area contributed by atoms with Crippen LogP contribution in [0.15, 0.2) is 72.2 Å². The number of aromatic nitrogens is 4. The number of halogens is 1. The number of benzene rings is 1. The number of carbonyl (C=O) groups is 2. The van der Waals surface area contributed by atoms with Crippen LogP contribution >= 0.6 is 15.9 Å². The zero-order chi connectivity index (χ0) is 24.2. The fourth-order valence-corrected chi connectivity index (χ4v) is 4.28. The molecule has 1 aromatic carbocycles. The second-order valence-electron chi connectivity index (χ2n) is 7.27. The number of rotatable bonds is 7. The third kappa shape index (κ3) is 4.59. The Balaban J connectivity index is 1.71. The smallest absolute Gasteiger partial charge is 0.405 e. The van der Waals surface area contributed by atoms with E-state index in [1.54, 1.807) is 53.2 Å². The number of nitrogen functional groups attached to an aromatic ring is 1. The lowest BCUT2D eigenvalue weighted by molar-refractivity contribution is 0.102. The molecule has 0 bridgehead atoms. The summed E-state index contributed by atoms with van der Waals surface area (Å²) in [6.45, 7) is 3.93. The Hall–Kier alpha value is -4.25. The number of amides is 2. The Morgan fingerprint density at radius 2 is 1.94 bits per heavy atom. The molecule has 0 fully saturated rings. The first-order valence-corrected chi connectivity index (χ1v) is 10.9. The number of nitrogens with one attached hydrogen (secondary N) is 2. The van der Waals surface area contributed by atoms with Crippen molar-refractivity contribution in [3.8, 4) is 11.1 Å². The molecule has 10 nitrogen and oxygen atoms in total. The van der Waals surface area contributed by atoms with Gasteiger partial charge in [0.1, 0.15) is 23.6 Å². The zero-order valence-corrected chi connectivity index (χ0v) is 19.4. The molecule has 0 aliphatic rings. The maximum atomic E-state index is 12.6. The second-order valence-corrected chi connectivity index (χ2v) is 8.02. The summed E-state index contributed by atoms with van der Waals surface area (Å²) in [6.07, 6.45) is 3.29. The minimum atomic E-state index is -1.16. The standard InChI is InChI=1S/C23H20BrN7O3/c1-2-15(29-23(33)34)11-31-19(24)17(18-20(25)27-12-28-21(18)31)13-6-8-14(9-7-13)22(32)30-16-5-3-4-10-26-16/h2-10,12,15,29H,1,11H2,(H,33,34)(H2,25,27,28)(H,26,30,32). The first-order valence-electron chi connectivity index (χ1n) is 10.1. The van der Waals surface area contributed by atoms with Crippen LogP contribution < -0.4 is 16.4 Å². The summed E-state index contributed by atoms with van der Waals surface area (Å²) in [4.78, 5) is 36.3. The number of pyridine rings is 1. The number of nitrogens with zero attached hydrogens (tertiary/aromatic N) is 4. The van der Waals surface area contributed by atoms with E-state index in [2.05, 4.69) is 48.1 Å². The number of hydrogen-bond acceptors (Lipinski definition) is 6. The van der Waals surface area contributed by atoms with Gasteiger partial charge in [0.15, 0.2) is 0 Å². The number of carbonyl (C=O) groups excluding carboxylic acids is 1. The molecule has 4 rings (SSSR count). The van der Waals surface area contributed by atoms with Gasteiger partial charge in [-0.15, -0.1) is 6.58 Å². The quantitative estimate of drug-likeness (QED) is 0.269. The van der Waals surface area contributed by atoms with E-state index in [-0.39, 0.29) is 18.3 Å². The van der Waals surface area contributed by atoms with E-state index in [1.165, 1.54) is 12.4 Å². The van der Waals surface area contributed by atoms with Crippen molar-refractivity contribution in [3.05, 3.63) is 77.8 Å². The Kier molecular flexibility index (Phi) is 6.55. The van der Waals surface area contributed by atoms with Gasteiger partial charge >= 0.3 is 6.09 Å². The number of carboxylic acid groups (broad SMARTS) is 1. The van der Waals surface area contributed by atoms with Gasteiger partial charge in [0.25, 0.3) is 5.91 Å². The van der Waals surface area contributed by atoms with Crippen molar-refractivity contribution in [1.29, 1.82) is 0 Å². The highest BCUT2D eigenvalue weighted by molar-refractivity contribution is 9.10. The van der Waals surface area contributed by atoms with Crippen molar-refractivity contribution in [2.24, 2.45) is 0 Å². The molecule has 4 aromatic rings. The zero-order valence-electron chi connectivity index (χ0n) is 17.8. The van der Waals surface area contributed by atoms with E-state index in [9.17, 15) is 9.59 Å². The van der Waals surface area contributed by atoms with Gasteiger partial charge in [-0.25, -0.2) is 19.7 Å². The highest BCUT2D eigenvalue weighted by atomic mass is 79.9. The number of hydrogen-bond donors (Lipinski definition) is 4. The van der Waals surface area contributed by atoms with Crippen LogP contribution in [0.3, 0.4) is 0 Å². The van der Waals surface area contributed by atoms with Crippen molar-refractivity contribution in [1.82, 2.24) is 24.8 Å². The van der Waals surface area contributed by atoms with E-state index in [0.717, 1.165) is 11.1 Å². The Morgan fingerprint density at radius 3 is 2.59 bits per heavy atom. The highest BCUT2D eigenvalue weighted by Gasteiger charge is 2.23. The van der Waals surface area contributed by atoms with Gasteiger partial charge in [-0.05, 0) is 45.8 Å². The molecule has 172 valence electrons. The van der Waals surface area contributed by atoms with Crippen LogP contribution in [-0.4, -0.2) is 42.7 Å². The van der Waals surface area contributed by atoms with Crippen LogP contribution in [-0.2, 0) is 6.54 Å². The van der Waals surface area contributed by atoms with E-state index >= 15 is 0 Å². The third-order valence-corrected chi connectivity index (χ3v) is 5.95. The van der Waals surface area contributed by atoms with Crippen LogP contribution in [0.25, 0.3) is 22.2 Å². The normalized spacial score (nSPS) is 11.7. The fourth-order valence-electron chi connectivity index (χ4n) is 3.54. The number of nitrogens with two attached hydrogens (primary N) is 1. The summed E-state index contributed by atoms with van der Waals surface area (Å²) in [7, 11) is 0. The first-order chi connectivity index (χ1) is 16.4. The molecule has 1 atom stereocenters. The summed E-state index contributed by atoms with van der Waals surface area (Å²) in [5, 5.41) is 14.9. The van der Waals surface area contributed by atoms with Gasteiger partial charge in [-0.3, -0.25) is 4.79 Å². The third-order valence-electron chi connectivity index (χ3n) is 5.12. The van der Waals surface area contributed by atoms with Crippen LogP contribution in [0.1, 0.15) is 10.4 Å². The SMILES string of the molecule is C=CC(Cn1c(Br)c(-c2ccc(C(=O)Nc3ccccn3)cc2)c2c(N)ncnc21)NC(=O)O. The molecular formula is C23H20BrN7O3.